The monoisotopic (exact) mass is 533 g/mol. The number of aromatic amines is 1. The number of hydrogen-bond acceptors (Lipinski definition) is 9. The summed E-state index contributed by atoms with van der Waals surface area (Å²) in [6, 6.07) is 4.75. The number of carbonyl (C=O) groups is 1. The topological polar surface area (TPSA) is 146 Å². The highest BCUT2D eigenvalue weighted by molar-refractivity contribution is 6.33. The molecule has 0 saturated carbocycles. The highest BCUT2D eigenvalue weighted by atomic mass is 35.5. The van der Waals surface area contributed by atoms with Crippen molar-refractivity contribution in [1.29, 1.82) is 0 Å². The number of H-pyrrole nitrogens is 1. The number of amides is 1. The Balaban J connectivity index is 1.21. The van der Waals surface area contributed by atoms with Crippen LogP contribution in [0.3, 0.4) is 0 Å². The molecule has 12 nitrogen and oxygen atoms in total. The van der Waals surface area contributed by atoms with E-state index >= 15 is 0 Å². The standard InChI is InChI=1S/C25H24ClN9O3/c1-2-38-14-8-15(23-16-9-30-32-24(16)33-35(23)12-14)19-10-29-21(11-28-19)34-7-5-18(20(36)13-34)31-25(37)22-17(26)4-3-6-27-22/h3-4,6,8-12,18,20,36H,2,5,7,13H2,1H3,(H,31,37)(H,32,33)/t18-,20-/m0/s1. The summed E-state index contributed by atoms with van der Waals surface area (Å²) in [5.74, 6) is 0.881. The van der Waals surface area contributed by atoms with E-state index in [1.807, 2.05) is 24.1 Å². The highest BCUT2D eigenvalue weighted by Gasteiger charge is 2.30. The lowest BCUT2D eigenvalue weighted by atomic mass is 10.0. The second-order valence-corrected chi connectivity index (χ2v) is 9.33. The van der Waals surface area contributed by atoms with E-state index in [2.05, 4.69) is 35.6 Å². The Labute approximate surface area is 221 Å². The van der Waals surface area contributed by atoms with Crippen LogP contribution in [0.25, 0.3) is 27.8 Å². The van der Waals surface area contributed by atoms with Crippen LogP contribution in [0.5, 0.6) is 5.75 Å². The lowest BCUT2D eigenvalue weighted by Gasteiger charge is -2.36. The van der Waals surface area contributed by atoms with E-state index in [1.54, 1.807) is 35.2 Å². The van der Waals surface area contributed by atoms with Gasteiger partial charge in [-0.15, -0.1) is 5.10 Å². The van der Waals surface area contributed by atoms with Crippen LogP contribution < -0.4 is 15.0 Å². The Morgan fingerprint density at radius 1 is 1.29 bits per heavy atom. The summed E-state index contributed by atoms with van der Waals surface area (Å²) in [7, 11) is 0. The Morgan fingerprint density at radius 3 is 2.95 bits per heavy atom. The van der Waals surface area contributed by atoms with Crippen LogP contribution >= 0.6 is 11.6 Å². The molecule has 194 valence electrons. The first-order valence-electron chi connectivity index (χ1n) is 12.2. The molecule has 6 heterocycles. The van der Waals surface area contributed by atoms with Gasteiger partial charge in [-0.25, -0.2) is 14.5 Å². The van der Waals surface area contributed by atoms with Crippen molar-refractivity contribution in [3.05, 3.63) is 59.9 Å². The normalized spacial score (nSPS) is 17.7. The molecule has 0 bridgehead atoms. The number of aliphatic hydroxyl groups excluding tert-OH is 1. The maximum absolute atomic E-state index is 12.6. The molecule has 13 heteroatoms. The van der Waals surface area contributed by atoms with Gasteiger partial charge in [-0.2, -0.15) is 5.10 Å². The molecule has 0 spiro atoms. The summed E-state index contributed by atoms with van der Waals surface area (Å²) >= 11 is 6.08. The lowest BCUT2D eigenvalue weighted by Crippen LogP contribution is -2.54. The first-order chi connectivity index (χ1) is 18.5. The highest BCUT2D eigenvalue weighted by Crippen LogP contribution is 2.32. The van der Waals surface area contributed by atoms with Crippen LogP contribution in [0.1, 0.15) is 23.8 Å². The van der Waals surface area contributed by atoms with Crippen molar-refractivity contribution in [2.75, 3.05) is 24.6 Å². The van der Waals surface area contributed by atoms with Gasteiger partial charge in [-0.1, -0.05) is 11.6 Å². The molecule has 5 aromatic rings. The molecule has 5 aromatic heterocycles. The van der Waals surface area contributed by atoms with Crippen LogP contribution in [-0.4, -0.2) is 77.6 Å². The number of fused-ring (bicyclic) bond motifs is 3. The summed E-state index contributed by atoms with van der Waals surface area (Å²) in [5.41, 5.74) is 3.11. The zero-order chi connectivity index (χ0) is 26.2. The van der Waals surface area contributed by atoms with Gasteiger partial charge >= 0.3 is 0 Å². The Kier molecular flexibility index (Phi) is 6.26. The maximum Gasteiger partial charge on any atom is 0.271 e. The second kappa shape index (κ2) is 9.88. The lowest BCUT2D eigenvalue weighted by molar-refractivity contribution is 0.0793. The number of piperidine rings is 1. The molecule has 38 heavy (non-hydrogen) atoms. The van der Waals surface area contributed by atoms with Crippen molar-refractivity contribution in [2.45, 2.75) is 25.5 Å². The maximum atomic E-state index is 12.6. The minimum Gasteiger partial charge on any atom is -0.492 e. The number of nitrogens with zero attached hydrogens (tertiary/aromatic N) is 7. The van der Waals surface area contributed by atoms with Gasteiger partial charge in [-0.3, -0.25) is 14.9 Å². The Hall–Kier alpha value is -4.29. The van der Waals surface area contributed by atoms with Crippen molar-refractivity contribution >= 4 is 39.9 Å². The number of rotatable bonds is 6. The van der Waals surface area contributed by atoms with Crippen molar-refractivity contribution in [3.8, 4) is 17.0 Å². The Bertz CT molecular complexity index is 1620. The third-order valence-corrected chi connectivity index (χ3v) is 6.83. The number of anilines is 1. The van der Waals surface area contributed by atoms with Gasteiger partial charge in [0.15, 0.2) is 5.65 Å². The molecule has 1 aliphatic heterocycles. The van der Waals surface area contributed by atoms with E-state index in [4.69, 9.17) is 16.3 Å². The minimum atomic E-state index is -0.805. The molecule has 0 aliphatic carbocycles. The van der Waals surface area contributed by atoms with Crippen LogP contribution in [-0.2, 0) is 0 Å². The molecule has 3 N–H and O–H groups in total. The fraction of sp³-hybridized carbons (Fsp3) is 0.280. The van der Waals surface area contributed by atoms with Crippen LogP contribution in [0.15, 0.2) is 49.2 Å². The van der Waals surface area contributed by atoms with E-state index < -0.39 is 18.1 Å². The predicted octanol–water partition coefficient (Wildman–Crippen LogP) is 2.48. The smallest absolute Gasteiger partial charge is 0.271 e. The first kappa shape index (κ1) is 24.1. The van der Waals surface area contributed by atoms with Gasteiger partial charge < -0.3 is 20.1 Å². The van der Waals surface area contributed by atoms with Crippen LogP contribution in [0, 0.1) is 0 Å². The Morgan fingerprint density at radius 2 is 2.18 bits per heavy atom. The number of halogens is 1. The number of ether oxygens (including phenoxy) is 1. The third kappa shape index (κ3) is 4.37. The first-order valence-corrected chi connectivity index (χ1v) is 12.5. The molecule has 0 radical (unpaired) electrons. The van der Waals surface area contributed by atoms with Crippen LogP contribution in [0.4, 0.5) is 5.82 Å². The fourth-order valence-corrected chi connectivity index (χ4v) is 4.91. The third-order valence-electron chi connectivity index (χ3n) is 6.52. The molecular weight excluding hydrogens is 510 g/mol. The number of nitrogens with one attached hydrogen (secondary N) is 2. The van der Waals surface area contributed by atoms with Crippen molar-refractivity contribution in [3.63, 3.8) is 0 Å². The predicted molar refractivity (Wildman–Crippen MR) is 140 cm³/mol. The van der Waals surface area contributed by atoms with Gasteiger partial charge in [-0.05, 0) is 31.5 Å². The minimum absolute atomic E-state index is 0.138. The quantitative estimate of drug-likeness (QED) is 0.299. The fourth-order valence-electron chi connectivity index (χ4n) is 4.70. The summed E-state index contributed by atoms with van der Waals surface area (Å²) in [5, 5.41) is 26.3. The molecular formula is C25H24ClN9O3. The molecule has 1 aliphatic rings. The second-order valence-electron chi connectivity index (χ2n) is 8.92. The number of aromatic nitrogens is 7. The summed E-state index contributed by atoms with van der Waals surface area (Å²) in [6.45, 7) is 3.31. The average molecular weight is 534 g/mol. The summed E-state index contributed by atoms with van der Waals surface area (Å²) < 4.78 is 7.50. The number of carbonyl (C=O) groups excluding carboxylic acids is 1. The largest absolute Gasteiger partial charge is 0.492 e. The van der Waals surface area contributed by atoms with Gasteiger partial charge in [0.25, 0.3) is 5.91 Å². The van der Waals surface area contributed by atoms with E-state index in [0.717, 1.165) is 16.5 Å². The molecule has 2 atom stereocenters. The molecule has 1 saturated heterocycles. The number of pyridine rings is 2. The SMILES string of the molecule is CCOc1cc(-c2cnc(N3CC[C@H](NC(=O)c4ncccc4Cl)[C@@H](O)C3)cn2)c2c3cn[nH]c3nn2c1. The average Bonchev–Trinajstić information content (AvgIpc) is 3.51. The van der Waals surface area contributed by atoms with Gasteiger partial charge in [0.2, 0.25) is 0 Å². The van der Waals surface area contributed by atoms with Crippen molar-refractivity contribution in [1.82, 2.24) is 40.1 Å². The zero-order valence-corrected chi connectivity index (χ0v) is 21.1. The van der Waals surface area contributed by atoms with Crippen molar-refractivity contribution in [2.24, 2.45) is 0 Å². The molecule has 1 amide bonds. The van der Waals surface area contributed by atoms with Gasteiger partial charge in [0, 0.05) is 24.8 Å². The number of β-amino-alcohol motifs (C(OH)–C–C–N with tert-alkyl or cyclic N) is 1. The molecule has 1 fully saturated rings. The number of hydrogen-bond donors (Lipinski definition) is 3. The molecule has 0 aromatic carbocycles. The van der Waals surface area contributed by atoms with Crippen LogP contribution in [0.2, 0.25) is 5.02 Å². The molecule has 0 unspecified atom stereocenters. The zero-order valence-electron chi connectivity index (χ0n) is 20.4. The van der Waals surface area contributed by atoms with Gasteiger partial charge in [0.05, 0.1) is 65.2 Å². The summed E-state index contributed by atoms with van der Waals surface area (Å²) in [4.78, 5) is 27.9. The van der Waals surface area contributed by atoms with E-state index in [1.165, 1.54) is 6.20 Å². The van der Waals surface area contributed by atoms with E-state index in [9.17, 15) is 9.90 Å². The van der Waals surface area contributed by atoms with E-state index in [-0.39, 0.29) is 17.3 Å². The van der Waals surface area contributed by atoms with Gasteiger partial charge in [0.1, 0.15) is 17.3 Å². The molecule has 6 rings (SSSR count). The van der Waals surface area contributed by atoms with Crippen molar-refractivity contribution < 1.29 is 14.6 Å². The number of aliphatic hydroxyl groups is 1. The summed E-state index contributed by atoms with van der Waals surface area (Å²) in [6.07, 6.45) is 8.15. The van der Waals surface area contributed by atoms with E-state index in [0.29, 0.717) is 42.5 Å².